The SMILES string of the molecule is COc1ccccc1CN1C(=O)C(Sc2ccc(Cl)cc2)=C(c2cccs2)C1=O. The molecular formula is C22H16ClNO3S2. The van der Waals surface area contributed by atoms with E-state index in [0.717, 1.165) is 15.3 Å². The van der Waals surface area contributed by atoms with Gasteiger partial charge in [-0.15, -0.1) is 11.3 Å². The van der Waals surface area contributed by atoms with Crippen molar-refractivity contribution in [3.05, 3.63) is 86.4 Å². The Morgan fingerprint density at radius 3 is 2.45 bits per heavy atom. The highest BCUT2D eigenvalue weighted by atomic mass is 35.5. The lowest BCUT2D eigenvalue weighted by Gasteiger charge is -2.17. The molecule has 0 radical (unpaired) electrons. The summed E-state index contributed by atoms with van der Waals surface area (Å²) in [5.41, 5.74) is 1.22. The van der Waals surface area contributed by atoms with Crippen molar-refractivity contribution in [3.8, 4) is 5.75 Å². The largest absolute Gasteiger partial charge is 0.496 e. The first kappa shape index (κ1) is 19.8. The summed E-state index contributed by atoms with van der Waals surface area (Å²) in [4.78, 5) is 29.8. The molecule has 0 saturated carbocycles. The summed E-state index contributed by atoms with van der Waals surface area (Å²) >= 11 is 8.70. The molecule has 2 heterocycles. The smallest absolute Gasteiger partial charge is 0.268 e. The number of hydrogen-bond donors (Lipinski definition) is 0. The summed E-state index contributed by atoms with van der Waals surface area (Å²) in [6.07, 6.45) is 0. The number of rotatable bonds is 6. The van der Waals surface area contributed by atoms with Gasteiger partial charge in [0, 0.05) is 20.4 Å². The Labute approximate surface area is 181 Å². The van der Waals surface area contributed by atoms with Gasteiger partial charge in [-0.05, 0) is 41.8 Å². The van der Waals surface area contributed by atoms with Gasteiger partial charge < -0.3 is 4.74 Å². The Kier molecular flexibility index (Phi) is 5.76. The second kappa shape index (κ2) is 8.45. The molecule has 2 aromatic carbocycles. The lowest BCUT2D eigenvalue weighted by atomic mass is 10.2. The molecule has 1 aliphatic heterocycles. The van der Waals surface area contributed by atoms with Gasteiger partial charge in [-0.1, -0.05) is 47.6 Å². The third-order valence-corrected chi connectivity index (χ3v) is 6.68. The van der Waals surface area contributed by atoms with Crippen molar-refractivity contribution >= 4 is 52.1 Å². The maximum Gasteiger partial charge on any atom is 0.268 e. The molecule has 146 valence electrons. The van der Waals surface area contributed by atoms with Crippen molar-refractivity contribution in [2.24, 2.45) is 0 Å². The van der Waals surface area contributed by atoms with Crippen LogP contribution in [-0.2, 0) is 16.1 Å². The van der Waals surface area contributed by atoms with E-state index in [1.165, 1.54) is 28.0 Å². The number of carbonyl (C=O) groups excluding carboxylic acids is 2. The van der Waals surface area contributed by atoms with E-state index in [9.17, 15) is 9.59 Å². The predicted molar refractivity (Wildman–Crippen MR) is 117 cm³/mol. The number of ether oxygens (including phenoxy) is 1. The summed E-state index contributed by atoms with van der Waals surface area (Å²) in [7, 11) is 1.57. The maximum absolute atomic E-state index is 13.3. The van der Waals surface area contributed by atoms with Gasteiger partial charge in [0.1, 0.15) is 5.75 Å². The third-order valence-electron chi connectivity index (χ3n) is 4.45. The van der Waals surface area contributed by atoms with Crippen LogP contribution >= 0.6 is 34.7 Å². The molecule has 0 spiro atoms. The van der Waals surface area contributed by atoms with Gasteiger partial charge in [0.2, 0.25) is 0 Å². The number of amides is 2. The first-order valence-corrected chi connectivity index (χ1v) is 10.9. The number of thiophene rings is 1. The van der Waals surface area contributed by atoms with Gasteiger partial charge in [-0.3, -0.25) is 14.5 Å². The summed E-state index contributed by atoms with van der Waals surface area (Å²) in [6.45, 7) is 0.154. The molecule has 0 atom stereocenters. The fraction of sp³-hybridized carbons (Fsp3) is 0.0909. The van der Waals surface area contributed by atoms with E-state index in [0.29, 0.717) is 21.3 Å². The molecule has 1 aliphatic rings. The normalized spacial score (nSPS) is 14.1. The molecule has 1 aromatic heterocycles. The number of thioether (sulfide) groups is 1. The molecule has 4 nitrogen and oxygen atoms in total. The van der Waals surface area contributed by atoms with Crippen molar-refractivity contribution < 1.29 is 14.3 Å². The van der Waals surface area contributed by atoms with Gasteiger partial charge in [-0.2, -0.15) is 0 Å². The minimum atomic E-state index is -0.302. The fourth-order valence-corrected chi connectivity index (χ4v) is 5.02. The maximum atomic E-state index is 13.3. The Morgan fingerprint density at radius 1 is 1.00 bits per heavy atom. The van der Waals surface area contributed by atoms with E-state index in [1.54, 1.807) is 19.2 Å². The van der Waals surface area contributed by atoms with Crippen LogP contribution in [0.25, 0.3) is 5.57 Å². The molecule has 29 heavy (non-hydrogen) atoms. The zero-order chi connectivity index (χ0) is 20.4. The second-order valence-corrected chi connectivity index (χ2v) is 8.71. The lowest BCUT2D eigenvalue weighted by Crippen LogP contribution is -2.31. The third kappa shape index (κ3) is 3.96. The Hall–Kier alpha value is -2.54. The number of methoxy groups -OCH3 is 1. The quantitative estimate of drug-likeness (QED) is 0.475. The van der Waals surface area contributed by atoms with E-state index in [2.05, 4.69) is 0 Å². The Balaban J connectivity index is 1.71. The summed E-state index contributed by atoms with van der Waals surface area (Å²) < 4.78 is 5.38. The zero-order valence-corrected chi connectivity index (χ0v) is 17.8. The second-order valence-electron chi connectivity index (χ2n) is 6.25. The van der Waals surface area contributed by atoms with E-state index < -0.39 is 0 Å². The number of hydrogen-bond acceptors (Lipinski definition) is 5. The molecule has 0 fully saturated rings. The summed E-state index contributed by atoms with van der Waals surface area (Å²) in [5.74, 6) is 0.0497. The monoisotopic (exact) mass is 441 g/mol. The highest BCUT2D eigenvalue weighted by Gasteiger charge is 2.40. The number of nitrogens with zero attached hydrogens (tertiary/aromatic N) is 1. The first-order valence-electron chi connectivity index (χ1n) is 8.78. The van der Waals surface area contributed by atoms with Crippen molar-refractivity contribution in [2.75, 3.05) is 7.11 Å². The van der Waals surface area contributed by atoms with Crippen LogP contribution in [0.1, 0.15) is 10.4 Å². The molecule has 0 unspecified atom stereocenters. The van der Waals surface area contributed by atoms with Crippen LogP contribution in [0.4, 0.5) is 0 Å². The highest BCUT2D eigenvalue weighted by molar-refractivity contribution is 8.04. The van der Waals surface area contributed by atoms with Crippen LogP contribution < -0.4 is 4.74 Å². The van der Waals surface area contributed by atoms with E-state index in [4.69, 9.17) is 16.3 Å². The summed E-state index contributed by atoms with van der Waals surface area (Å²) in [5, 5.41) is 2.52. The average molecular weight is 442 g/mol. The van der Waals surface area contributed by atoms with Gasteiger partial charge in [-0.25, -0.2) is 0 Å². The fourth-order valence-electron chi connectivity index (χ4n) is 3.05. The molecule has 0 saturated heterocycles. The standard InChI is InChI=1S/C22H16ClNO3S2/c1-27-17-6-3-2-5-14(17)13-24-21(25)19(18-7-4-12-28-18)20(22(24)26)29-16-10-8-15(23)9-11-16/h2-12H,13H2,1H3. The Morgan fingerprint density at radius 2 is 1.76 bits per heavy atom. The van der Waals surface area contributed by atoms with Gasteiger partial charge in [0.05, 0.1) is 24.1 Å². The number of carbonyl (C=O) groups is 2. The van der Waals surface area contributed by atoms with E-state index >= 15 is 0 Å². The highest BCUT2D eigenvalue weighted by Crippen LogP contribution is 2.41. The van der Waals surface area contributed by atoms with Gasteiger partial charge in [0.25, 0.3) is 11.8 Å². The van der Waals surface area contributed by atoms with Crippen LogP contribution in [0.15, 0.2) is 75.8 Å². The minimum absolute atomic E-state index is 0.154. The molecule has 0 N–H and O–H groups in total. The number of benzene rings is 2. The topological polar surface area (TPSA) is 46.6 Å². The van der Waals surface area contributed by atoms with Crippen molar-refractivity contribution in [2.45, 2.75) is 11.4 Å². The average Bonchev–Trinajstić information content (AvgIpc) is 3.33. The van der Waals surface area contributed by atoms with Crippen LogP contribution in [0, 0.1) is 0 Å². The molecule has 3 aromatic rings. The molecule has 0 aliphatic carbocycles. The molecule has 4 rings (SSSR count). The van der Waals surface area contributed by atoms with E-state index in [-0.39, 0.29) is 18.4 Å². The molecule has 2 amide bonds. The zero-order valence-electron chi connectivity index (χ0n) is 15.4. The lowest BCUT2D eigenvalue weighted by molar-refractivity contribution is -0.137. The predicted octanol–water partition coefficient (Wildman–Crippen LogP) is 5.48. The minimum Gasteiger partial charge on any atom is -0.496 e. The van der Waals surface area contributed by atoms with Crippen LogP contribution in [0.3, 0.4) is 0 Å². The van der Waals surface area contributed by atoms with Gasteiger partial charge >= 0.3 is 0 Å². The van der Waals surface area contributed by atoms with Crippen molar-refractivity contribution in [1.29, 1.82) is 0 Å². The molecular weight excluding hydrogens is 426 g/mol. The van der Waals surface area contributed by atoms with Crippen molar-refractivity contribution in [1.82, 2.24) is 4.90 Å². The number of halogens is 1. The number of imide groups is 1. The summed E-state index contributed by atoms with van der Waals surface area (Å²) in [6, 6.07) is 18.3. The van der Waals surface area contributed by atoms with E-state index in [1.807, 2.05) is 53.9 Å². The van der Waals surface area contributed by atoms with Crippen molar-refractivity contribution in [3.63, 3.8) is 0 Å². The van der Waals surface area contributed by atoms with Gasteiger partial charge in [0.15, 0.2) is 0 Å². The number of para-hydroxylation sites is 1. The van der Waals surface area contributed by atoms with Crippen LogP contribution in [0.2, 0.25) is 5.02 Å². The van der Waals surface area contributed by atoms with Crippen LogP contribution in [0.5, 0.6) is 5.75 Å². The van der Waals surface area contributed by atoms with Crippen LogP contribution in [-0.4, -0.2) is 23.8 Å². The molecule has 7 heteroatoms. The molecule has 0 bridgehead atoms. The first-order chi connectivity index (χ1) is 14.1. The Bertz CT molecular complexity index is 1090.